The zero-order valence-corrected chi connectivity index (χ0v) is 15.5. The Bertz CT molecular complexity index is 1140. The minimum atomic E-state index is -0.451. The molecule has 0 spiro atoms. The van der Waals surface area contributed by atoms with Crippen LogP contribution < -0.4 is 4.74 Å². The first kappa shape index (κ1) is 17.7. The number of benzene rings is 1. The van der Waals surface area contributed by atoms with E-state index in [1.54, 1.807) is 23.7 Å². The fourth-order valence-electron chi connectivity index (χ4n) is 2.81. The number of carbonyl (C=O) groups excluding carboxylic acids is 1. The average molecular weight is 374 g/mol. The van der Waals surface area contributed by atoms with Crippen LogP contribution in [0.4, 0.5) is 0 Å². The van der Waals surface area contributed by atoms with E-state index in [4.69, 9.17) is 9.47 Å². The normalized spacial score (nSPS) is 10.8. The SMILES string of the molecule is CCOC(=O)c1ccn2nc(-c3cccc(C)n3)nc(Oc3ccccc3)c12. The molecule has 0 aliphatic rings. The van der Waals surface area contributed by atoms with Crippen LogP contribution in [0.2, 0.25) is 0 Å². The Labute approximate surface area is 161 Å². The molecule has 0 radical (unpaired) electrons. The minimum Gasteiger partial charge on any atom is -0.462 e. The predicted octanol–water partition coefficient (Wildman–Crippen LogP) is 4.07. The number of para-hydroxylation sites is 1. The van der Waals surface area contributed by atoms with Crippen LogP contribution in [0, 0.1) is 6.92 Å². The van der Waals surface area contributed by atoms with Crippen molar-refractivity contribution in [1.82, 2.24) is 19.6 Å². The van der Waals surface area contributed by atoms with Gasteiger partial charge in [0.25, 0.3) is 0 Å². The highest BCUT2D eigenvalue weighted by atomic mass is 16.5. The molecule has 0 aliphatic heterocycles. The Morgan fingerprint density at radius 3 is 2.61 bits per heavy atom. The minimum absolute atomic E-state index is 0.257. The third-order valence-electron chi connectivity index (χ3n) is 4.05. The summed E-state index contributed by atoms with van der Waals surface area (Å²) in [6.45, 7) is 3.94. The summed E-state index contributed by atoms with van der Waals surface area (Å²) in [7, 11) is 0. The second-order valence-electron chi connectivity index (χ2n) is 6.06. The molecule has 0 N–H and O–H groups in total. The summed E-state index contributed by atoms with van der Waals surface area (Å²) in [5.74, 6) is 0.802. The van der Waals surface area contributed by atoms with E-state index in [2.05, 4.69) is 15.1 Å². The maximum Gasteiger partial charge on any atom is 0.340 e. The number of nitrogens with zero attached hydrogens (tertiary/aromatic N) is 4. The van der Waals surface area contributed by atoms with Crippen LogP contribution in [0.15, 0.2) is 60.8 Å². The van der Waals surface area contributed by atoms with E-state index in [0.29, 0.717) is 28.3 Å². The van der Waals surface area contributed by atoms with Gasteiger partial charge in [0.15, 0.2) is 0 Å². The third-order valence-corrected chi connectivity index (χ3v) is 4.05. The summed E-state index contributed by atoms with van der Waals surface area (Å²) in [5, 5.41) is 4.51. The van der Waals surface area contributed by atoms with Gasteiger partial charge in [-0.25, -0.2) is 14.3 Å². The summed E-state index contributed by atoms with van der Waals surface area (Å²) >= 11 is 0. The Hall–Kier alpha value is -3.74. The van der Waals surface area contributed by atoms with Crippen molar-refractivity contribution in [3.05, 3.63) is 72.1 Å². The van der Waals surface area contributed by atoms with Gasteiger partial charge in [-0.05, 0) is 44.2 Å². The fourth-order valence-corrected chi connectivity index (χ4v) is 2.81. The molecule has 0 fully saturated rings. The van der Waals surface area contributed by atoms with Gasteiger partial charge >= 0.3 is 5.97 Å². The highest BCUT2D eigenvalue weighted by molar-refractivity contribution is 5.98. The van der Waals surface area contributed by atoms with Crippen molar-refractivity contribution >= 4 is 11.5 Å². The van der Waals surface area contributed by atoms with Crippen molar-refractivity contribution in [3.63, 3.8) is 0 Å². The van der Waals surface area contributed by atoms with Crippen molar-refractivity contribution in [3.8, 4) is 23.1 Å². The van der Waals surface area contributed by atoms with Gasteiger partial charge in [0.1, 0.15) is 17.0 Å². The smallest absolute Gasteiger partial charge is 0.340 e. The van der Waals surface area contributed by atoms with E-state index in [1.807, 2.05) is 55.5 Å². The molecule has 4 rings (SSSR count). The molecule has 0 amide bonds. The van der Waals surface area contributed by atoms with Gasteiger partial charge in [0.2, 0.25) is 11.7 Å². The predicted molar refractivity (Wildman–Crippen MR) is 103 cm³/mol. The fraction of sp³-hybridized carbons (Fsp3) is 0.143. The summed E-state index contributed by atoms with van der Waals surface area (Å²) in [4.78, 5) is 21.4. The van der Waals surface area contributed by atoms with Crippen molar-refractivity contribution in [2.45, 2.75) is 13.8 Å². The first-order chi connectivity index (χ1) is 13.7. The Kier molecular flexibility index (Phi) is 4.72. The maximum atomic E-state index is 12.4. The van der Waals surface area contributed by atoms with Crippen molar-refractivity contribution < 1.29 is 14.3 Å². The van der Waals surface area contributed by atoms with Crippen LogP contribution in [0.1, 0.15) is 23.0 Å². The highest BCUT2D eigenvalue weighted by Gasteiger charge is 2.21. The largest absolute Gasteiger partial charge is 0.462 e. The van der Waals surface area contributed by atoms with Crippen LogP contribution >= 0.6 is 0 Å². The second kappa shape index (κ2) is 7.48. The molecule has 28 heavy (non-hydrogen) atoms. The molecule has 0 unspecified atom stereocenters. The number of esters is 1. The van der Waals surface area contributed by atoms with Gasteiger partial charge < -0.3 is 9.47 Å². The number of ether oxygens (including phenoxy) is 2. The Morgan fingerprint density at radius 1 is 1.04 bits per heavy atom. The average Bonchev–Trinajstić information content (AvgIpc) is 3.13. The summed E-state index contributed by atoms with van der Waals surface area (Å²) in [5.41, 5.74) is 2.26. The number of aryl methyl sites for hydroxylation is 1. The molecule has 1 aromatic carbocycles. The number of carbonyl (C=O) groups is 1. The van der Waals surface area contributed by atoms with Gasteiger partial charge in [0, 0.05) is 11.9 Å². The van der Waals surface area contributed by atoms with E-state index >= 15 is 0 Å². The van der Waals surface area contributed by atoms with E-state index < -0.39 is 5.97 Å². The lowest BCUT2D eigenvalue weighted by molar-refractivity contribution is 0.0528. The van der Waals surface area contributed by atoms with Crippen LogP contribution in [-0.2, 0) is 4.74 Å². The van der Waals surface area contributed by atoms with Gasteiger partial charge in [-0.1, -0.05) is 24.3 Å². The Balaban J connectivity index is 1.89. The summed E-state index contributed by atoms with van der Waals surface area (Å²) < 4.78 is 12.7. The van der Waals surface area contributed by atoms with Crippen LogP contribution in [0.5, 0.6) is 11.6 Å². The van der Waals surface area contributed by atoms with Gasteiger partial charge in [-0.3, -0.25) is 0 Å². The number of rotatable bonds is 5. The van der Waals surface area contributed by atoms with E-state index in [-0.39, 0.29) is 12.5 Å². The first-order valence-corrected chi connectivity index (χ1v) is 8.89. The summed E-state index contributed by atoms with van der Waals surface area (Å²) in [6.07, 6.45) is 1.68. The standard InChI is InChI=1S/C21H18N4O3/c1-3-27-21(26)16-12-13-25-18(16)20(28-15-9-5-4-6-10-15)23-19(24-25)17-11-7-8-14(2)22-17/h4-13H,3H2,1-2H3. The monoisotopic (exact) mass is 374 g/mol. The molecule has 0 saturated carbocycles. The molecular formula is C21H18N4O3. The lowest BCUT2D eigenvalue weighted by Gasteiger charge is -2.10. The number of pyridine rings is 1. The summed E-state index contributed by atoms with van der Waals surface area (Å²) in [6, 6.07) is 16.5. The first-order valence-electron chi connectivity index (χ1n) is 8.89. The zero-order valence-electron chi connectivity index (χ0n) is 15.5. The molecule has 140 valence electrons. The number of hydrogen-bond donors (Lipinski definition) is 0. The molecule has 0 atom stereocenters. The van der Waals surface area contributed by atoms with Crippen molar-refractivity contribution in [2.75, 3.05) is 6.61 Å². The van der Waals surface area contributed by atoms with Crippen molar-refractivity contribution in [2.24, 2.45) is 0 Å². The molecule has 0 saturated heterocycles. The molecule has 3 heterocycles. The molecule has 7 heteroatoms. The van der Waals surface area contributed by atoms with E-state index in [0.717, 1.165) is 5.69 Å². The molecule has 0 bridgehead atoms. The highest BCUT2D eigenvalue weighted by Crippen LogP contribution is 2.29. The van der Waals surface area contributed by atoms with Gasteiger partial charge in [-0.15, -0.1) is 5.10 Å². The molecule has 3 aromatic heterocycles. The Morgan fingerprint density at radius 2 is 1.86 bits per heavy atom. The number of hydrogen-bond acceptors (Lipinski definition) is 6. The number of fused-ring (bicyclic) bond motifs is 1. The zero-order chi connectivity index (χ0) is 19.5. The molecule has 0 aliphatic carbocycles. The third kappa shape index (κ3) is 3.42. The quantitative estimate of drug-likeness (QED) is 0.490. The molecular weight excluding hydrogens is 356 g/mol. The van der Waals surface area contributed by atoms with Gasteiger partial charge in [-0.2, -0.15) is 4.98 Å². The topological polar surface area (TPSA) is 78.6 Å². The maximum absolute atomic E-state index is 12.4. The molecule has 7 nitrogen and oxygen atoms in total. The number of aromatic nitrogens is 4. The lowest BCUT2D eigenvalue weighted by atomic mass is 10.2. The van der Waals surface area contributed by atoms with E-state index in [1.165, 1.54) is 0 Å². The van der Waals surface area contributed by atoms with E-state index in [9.17, 15) is 4.79 Å². The van der Waals surface area contributed by atoms with Crippen LogP contribution in [0.3, 0.4) is 0 Å². The van der Waals surface area contributed by atoms with Crippen molar-refractivity contribution in [1.29, 1.82) is 0 Å². The lowest BCUT2D eigenvalue weighted by Crippen LogP contribution is -2.07. The van der Waals surface area contributed by atoms with Crippen LogP contribution in [0.25, 0.3) is 17.0 Å². The van der Waals surface area contributed by atoms with Crippen LogP contribution in [-0.4, -0.2) is 32.2 Å². The molecule has 4 aromatic rings. The second-order valence-corrected chi connectivity index (χ2v) is 6.06. The van der Waals surface area contributed by atoms with Gasteiger partial charge in [0.05, 0.1) is 12.2 Å².